The van der Waals surface area contributed by atoms with Crippen molar-refractivity contribution >= 4 is 11.8 Å². The molecule has 2 rings (SSSR count). The van der Waals surface area contributed by atoms with Crippen LogP contribution in [-0.2, 0) is 7.05 Å². The highest BCUT2D eigenvalue weighted by Crippen LogP contribution is 2.36. The number of aromatic nitrogens is 4. The van der Waals surface area contributed by atoms with Crippen LogP contribution in [0.1, 0.15) is 39.5 Å². The topological polar surface area (TPSA) is 55.6 Å². The van der Waals surface area contributed by atoms with Crippen molar-refractivity contribution in [1.82, 2.24) is 25.5 Å². The van der Waals surface area contributed by atoms with Crippen LogP contribution in [0.5, 0.6) is 0 Å². The van der Waals surface area contributed by atoms with Crippen LogP contribution >= 0.6 is 11.8 Å². The van der Waals surface area contributed by atoms with E-state index in [2.05, 4.69) is 34.7 Å². The van der Waals surface area contributed by atoms with Gasteiger partial charge in [0.05, 0.1) is 0 Å². The first-order chi connectivity index (χ1) is 8.74. The Bertz CT molecular complexity index is 367. The summed E-state index contributed by atoms with van der Waals surface area (Å²) in [5.74, 6) is 0.860. The Morgan fingerprint density at radius 1 is 1.39 bits per heavy atom. The maximum Gasteiger partial charge on any atom is 0.209 e. The molecule has 0 aromatic carbocycles. The lowest BCUT2D eigenvalue weighted by atomic mass is 9.84. The van der Waals surface area contributed by atoms with Gasteiger partial charge in [0.1, 0.15) is 0 Å². The molecule has 3 unspecified atom stereocenters. The third kappa shape index (κ3) is 3.23. The molecule has 18 heavy (non-hydrogen) atoms. The smallest absolute Gasteiger partial charge is 0.209 e. The number of aryl methyl sites for hydroxylation is 1. The van der Waals surface area contributed by atoms with Crippen LogP contribution in [0.4, 0.5) is 0 Å². The van der Waals surface area contributed by atoms with Crippen molar-refractivity contribution in [1.29, 1.82) is 0 Å². The van der Waals surface area contributed by atoms with Gasteiger partial charge in [-0.1, -0.05) is 32.0 Å². The van der Waals surface area contributed by atoms with Crippen LogP contribution in [0.25, 0.3) is 0 Å². The zero-order chi connectivity index (χ0) is 13.0. The number of hydrogen-bond donors (Lipinski definition) is 1. The van der Waals surface area contributed by atoms with Crippen molar-refractivity contribution in [3.05, 3.63) is 0 Å². The van der Waals surface area contributed by atoms with Gasteiger partial charge in [-0.3, -0.25) is 0 Å². The summed E-state index contributed by atoms with van der Waals surface area (Å²) in [5, 5.41) is 16.9. The van der Waals surface area contributed by atoms with Gasteiger partial charge in [-0.05, 0) is 42.2 Å². The summed E-state index contributed by atoms with van der Waals surface area (Å²) < 4.78 is 1.77. The molecule has 1 aliphatic carbocycles. The standard InChI is InChI=1S/C12H23N5S/c1-4-9-6-7-10(13-5-2)11(8-9)18-12-14-15-16-17(12)3/h9-11,13H,4-8H2,1-3H3. The highest BCUT2D eigenvalue weighted by atomic mass is 32.2. The molecule has 0 bridgehead atoms. The SMILES string of the molecule is CCNC1CCC(CC)CC1Sc1nnnn1C. The third-order valence-corrected chi connectivity index (χ3v) is 5.16. The lowest BCUT2D eigenvalue weighted by molar-refractivity contribution is 0.297. The van der Waals surface area contributed by atoms with Gasteiger partial charge in [-0.25, -0.2) is 4.68 Å². The summed E-state index contributed by atoms with van der Waals surface area (Å²) in [5.41, 5.74) is 0. The van der Waals surface area contributed by atoms with E-state index in [9.17, 15) is 0 Å². The Balaban J connectivity index is 2.02. The molecular formula is C12H23N5S. The second-order valence-electron chi connectivity index (χ2n) is 4.99. The zero-order valence-electron chi connectivity index (χ0n) is 11.5. The van der Waals surface area contributed by atoms with Crippen molar-refractivity contribution < 1.29 is 0 Å². The van der Waals surface area contributed by atoms with Crippen LogP contribution in [-0.4, -0.2) is 38.0 Å². The second-order valence-corrected chi connectivity index (χ2v) is 6.20. The van der Waals surface area contributed by atoms with E-state index in [1.54, 1.807) is 4.68 Å². The maximum atomic E-state index is 4.09. The quantitative estimate of drug-likeness (QED) is 0.884. The monoisotopic (exact) mass is 269 g/mol. The predicted molar refractivity (Wildman–Crippen MR) is 73.5 cm³/mol. The average molecular weight is 269 g/mol. The van der Waals surface area contributed by atoms with Gasteiger partial charge < -0.3 is 5.32 Å². The van der Waals surface area contributed by atoms with E-state index in [4.69, 9.17) is 0 Å². The number of nitrogens with one attached hydrogen (secondary N) is 1. The summed E-state index contributed by atoms with van der Waals surface area (Å²) >= 11 is 1.83. The molecule has 5 nitrogen and oxygen atoms in total. The van der Waals surface area contributed by atoms with Gasteiger partial charge in [0.15, 0.2) is 0 Å². The molecule has 1 aliphatic rings. The van der Waals surface area contributed by atoms with Crippen LogP contribution in [0.2, 0.25) is 0 Å². The maximum absolute atomic E-state index is 4.09. The van der Waals surface area contributed by atoms with Gasteiger partial charge in [0.2, 0.25) is 5.16 Å². The van der Waals surface area contributed by atoms with Crippen LogP contribution in [0, 0.1) is 5.92 Å². The fourth-order valence-corrected chi connectivity index (χ4v) is 3.97. The van der Waals surface area contributed by atoms with E-state index in [0.717, 1.165) is 17.6 Å². The first-order valence-electron chi connectivity index (χ1n) is 6.87. The molecule has 0 aliphatic heterocycles. The van der Waals surface area contributed by atoms with Crippen molar-refractivity contribution in [2.45, 2.75) is 56.0 Å². The van der Waals surface area contributed by atoms with E-state index >= 15 is 0 Å². The fraction of sp³-hybridized carbons (Fsp3) is 0.917. The normalized spacial score (nSPS) is 28.5. The summed E-state index contributed by atoms with van der Waals surface area (Å²) in [4.78, 5) is 0. The minimum Gasteiger partial charge on any atom is -0.313 e. The molecule has 1 saturated carbocycles. The van der Waals surface area contributed by atoms with Crippen LogP contribution < -0.4 is 5.32 Å². The molecule has 1 fully saturated rings. The van der Waals surface area contributed by atoms with Crippen LogP contribution in [0.3, 0.4) is 0 Å². The Morgan fingerprint density at radius 2 is 2.22 bits per heavy atom. The largest absolute Gasteiger partial charge is 0.313 e. The molecule has 0 spiro atoms. The number of tetrazole rings is 1. The second kappa shape index (κ2) is 6.52. The van der Waals surface area contributed by atoms with E-state index in [1.807, 2.05) is 18.8 Å². The van der Waals surface area contributed by atoms with E-state index in [-0.39, 0.29) is 0 Å². The minimum atomic E-state index is 0.591. The number of nitrogens with zero attached hydrogens (tertiary/aromatic N) is 4. The molecule has 1 heterocycles. The van der Waals surface area contributed by atoms with Gasteiger partial charge in [-0.2, -0.15) is 0 Å². The first-order valence-corrected chi connectivity index (χ1v) is 7.74. The number of thioether (sulfide) groups is 1. The molecule has 102 valence electrons. The van der Waals surface area contributed by atoms with Gasteiger partial charge >= 0.3 is 0 Å². The van der Waals surface area contributed by atoms with Crippen LogP contribution in [0.15, 0.2) is 5.16 Å². The molecule has 0 radical (unpaired) electrons. The van der Waals surface area contributed by atoms with Crippen molar-refractivity contribution in [2.24, 2.45) is 13.0 Å². The number of hydrogen-bond acceptors (Lipinski definition) is 5. The summed E-state index contributed by atoms with van der Waals surface area (Å²) in [6.45, 7) is 5.51. The molecule has 0 saturated heterocycles. The molecule has 1 N–H and O–H groups in total. The van der Waals surface area contributed by atoms with Gasteiger partial charge in [-0.15, -0.1) is 5.10 Å². The first kappa shape index (κ1) is 13.8. The Labute approximate surface area is 113 Å². The zero-order valence-corrected chi connectivity index (χ0v) is 12.3. The molecule has 0 amide bonds. The summed E-state index contributed by atoms with van der Waals surface area (Å²) in [7, 11) is 1.91. The highest BCUT2D eigenvalue weighted by Gasteiger charge is 2.31. The molecule has 3 atom stereocenters. The van der Waals surface area contributed by atoms with E-state index < -0.39 is 0 Å². The lowest BCUT2D eigenvalue weighted by Gasteiger charge is -2.35. The Morgan fingerprint density at radius 3 is 2.83 bits per heavy atom. The van der Waals surface area contributed by atoms with Crippen molar-refractivity contribution in [2.75, 3.05) is 6.54 Å². The highest BCUT2D eigenvalue weighted by molar-refractivity contribution is 7.99. The van der Waals surface area contributed by atoms with Crippen molar-refractivity contribution in [3.63, 3.8) is 0 Å². The predicted octanol–water partition coefficient (Wildman–Crippen LogP) is 1.86. The average Bonchev–Trinajstić information content (AvgIpc) is 2.77. The van der Waals surface area contributed by atoms with Crippen molar-refractivity contribution in [3.8, 4) is 0 Å². The van der Waals surface area contributed by atoms with Gasteiger partial charge in [0, 0.05) is 18.3 Å². The van der Waals surface area contributed by atoms with E-state index in [0.29, 0.717) is 11.3 Å². The molecule has 1 aromatic heterocycles. The third-order valence-electron chi connectivity index (χ3n) is 3.78. The number of rotatable bonds is 5. The molecule has 6 heteroatoms. The Hall–Kier alpha value is -0.620. The fourth-order valence-electron chi connectivity index (χ4n) is 2.67. The van der Waals surface area contributed by atoms with Gasteiger partial charge in [0.25, 0.3) is 0 Å². The van der Waals surface area contributed by atoms with E-state index in [1.165, 1.54) is 25.7 Å². The molecule has 1 aromatic rings. The lowest BCUT2D eigenvalue weighted by Crippen LogP contribution is -2.42. The summed E-state index contributed by atoms with van der Waals surface area (Å²) in [6.07, 6.45) is 5.18. The molecular weight excluding hydrogens is 246 g/mol. The Kier molecular flexibility index (Phi) is 5.00. The minimum absolute atomic E-state index is 0.591. The summed E-state index contributed by atoms with van der Waals surface area (Å²) in [6, 6.07) is 0.597.